The van der Waals surface area contributed by atoms with Gasteiger partial charge in [-0.05, 0) is 38.1 Å². The van der Waals surface area contributed by atoms with Gasteiger partial charge in [-0.25, -0.2) is 0 Å². The van der Waals surface area contributed by atoms with Crippen LogP contribution in [0.3, 0.4) is 0 Å². The summed E-state index contributed by atoms with van der Waals surface area (Å²) in [5, 5.41) is 0.771. The Morgan fingerprint density at radius 3 is 2.61 bits per heavy atom. The Kier molecular flexibility index (Phi) is 4.28. The predicted octanol–water partition coefficient (Wildman–Crippen LogP) is 2.28. The summed E-state index contributed by atoms with van der Waals surface area (Å²) in [6.07, 6.45) is 1.18. The molecule has 2 atom stereocenters. The Labute approximate surface area is 114 Å². The summed E-state index contributed by atoms with van der Waals surface area (Å²) in [5.74, 6) is 0. The zero-order valence-electron chi connectivity index (χ0n) is 11.0. The maximum absolute atomic E-state index is 6.00. The number of halogens is 1. The lowest BCUT2D eigenvalue weighted by Crippen LogP contribution is -2.56. The number of nitrogens with zero attached hydrogens (tertiary/aromatic N) is 1. The highest BCUT2D eigenvalue weighted by Crippen LogP contribution is 2.31. The third-order valence-corrected chi connectivity index (χ3v) is 4.36. The van der Waals surface area contributed by atoms with Crippen molar-refractivity contribution in [3.8, 4) is 0 Å². The molecular weight excluding hydrogens is 248 g/mol. The van der Waals surface area contributed by atoms with Crippen molar-refractivity contribution in [1.82, 2.24) is 4.90 Å². The first-order chi connectivity index (χ1) is 8.58. The fourth-order valence-electron chi connectivity index (χ4n) is 2.72. The summed E-state index contributed by atoms with van der Waals surface area (Å²) in [5.41, 5.74) is 7.20. The molecule has 0 spiro atoms. The average Bonchev–Trinajstić information content (AvgIpc) is 2.74. The molecule has 100 valence electrons. The number of nitrogens with two attached hydrogens (primary N) is 1. The summed E-state index contributed by atoms with van der Waals surface area (Å²) in [7, 11) is 2.12. The molecule has 1 aliphatic rings. The molecule has 2 N–H and O–H groups in total. The van der Waals surface area contributed by atoms with Crippen LogP contribution in [-0.4, -0.2) is 36.7 Å². The third kappa shape index (κ3) is 2.54. The van der Waals surface area contributed by atoms with Gasteiger partial charge in [0.15, 0.2) is 0 Å². The first kappa shape index (κ1) is 13.8. The van der Waals surface area contributed by atoms with Crippen molar-refractivity contribution in [3.05, 3.63) is 34.9 Å². The van der Waals surface area contributed by atoms with Crippen molar-refractivity contribution in [1.29, 1.82) is 0 Å². The Hall–Kier alpha value is -0.610. The fourth-order valence-corrected chi connectivity index (χ4v) is 2.84. The van der Waals surface area contributed by atoms with E-state index in [2.05, 4.69) is 31.0 Å². The van der Waals surface area contributed by atoms with Crippen molar-refractivity contribution in [2.24, 2.45) is 5.73 Å². The lowest BCUT2D eigenvalue weighted by Gasteiger charge is -2.40. The number of likely N-dealkylation sites (N-methyl/N-ethyl adjacent to an activating group) is 1. The molecule has 0 saturated carbocycles. The largest absolute Gasteiger partial charge is 0.376 e. The standard InChI is InChI=1S/C14H21ClN2O/c1-11-14(10-16,7-8-18-11)17(2)9-12-3-5-13(15)6-4-12/h3-6,11H,7-10,16H2,1-2H3. The summed E-state index contributed by atoms with van der Waals surface area (Å²) in [6, 6.07) is 7.97. The molecule has 1 aromatic carbocycles. The maximum Gasteiger partial charge on any atom is 0.0743 e. The third-order valence-electron chi connectivity index (χ3n) is 4.11. The highest BCUT2D eigenvalue weighted by molar-refractivity contribution is 6.30. The normalized spacial score (nSPS) is 27.9. The van der Waals surface area contributed by atoms with Crippen LogP contribution in [0.4, 0.5) is 0 Å². The second-order valence-electron chi connectivity index (χ2n) is 5.05. The van der Waals surface area contributed by atoms with Crippen LogP contribution in [0.5, 0.6) is 0 Å². The molecule has 0 aliphatic carbocycles. The first-order valence-corrected chi connectivity index (χ1v) is 6.73. The molecule has 0 aromatic heterocycles. The summed E-state index contributed by atoms with van der Waals surface area (Å²) < 4.78 is 5.69. The minimum atomic E-state index is -0.0420. The van der Waals surface area contributed by atoms with Crippen LogP contribution in [0.1, 0.15) is 18.9 Å². The number of hydrogen-bond donors (Lipinski definition) is 1. The molecule has 3 nitrogen and oxygen atoms in total. The van der Waals surface area contributed by atoms with Crippen LogP contribution < -0.4 is 5.73 Å². The van der Waals surface area contributed by atoms with Crippen molar-refractivity contribution in [3.63, 3.8) is 0 Å². The van der Waals surface area contributed by atoms with Gasteiger partial charge >= 0.3 is 0 Å². The maximum atomic E-state index is 6.00. The molecule has 0 amide bonds. The van der Waals surface area contributed by atoms with E-state index in [0.29, 0.717) is 6.54 Å². The highest BCUT2D eigenvalue weighted by Gasteiger charge is 2.43. The monoisotopic (exact) mass is 268 g/mol. The van der Waals surface area contributed by atoms with Crippen LogP contribution in [0.2, 0.25) is 5.02 Å². The molecule has 1 heterocycles. The Morgan fingerprint density at radius 1 is 1.44 bits per heavy atom. The molecule has 1 aromatic rings. The van der Waals surface area contributed by atoms with Crippen LogP contribution >= 0.6 is 11.6 Å². The SMILES string of the molecule is CC1OCCC1(CN)N(C)Cc1ccc(Cl)cc1. The molecule has 18 heavy (non-hydrogen) atoms. The van der Waals surface area contributed by atoms with Gasteiger partial charge in [-0.3, -0.25) is 4.90 Å². The highest BCUT2D eigenvalue weighted by atomic mass is 35.5. The zero-order valence-corrected chi connectivity index (χ0v) is 11.8. The van der Waals surface area contributed by atoms with Crippen molar-refractivity contribution in [2.45, 2.75) is 31.5 Å². The van der Waals surface area contributed by atoms with Gasteiger partial charge in [0, 0.05) is 24.7 Å². The molecule has 0 bridgehead atoms. The van der Waals surface area contributed by atoms with E-state index in [9.17, 15) is 0 Å². The van der Waals surface area contributed by atoms with E-state index < -0.39 is 0 Å². The predicted molar refractivity (Wildman–Crippen MR) is 74.7 cm³/mol. The Balaban J connectivity index is 2.10. The van der Waals surface area contributed by atoms with Crippen LogP contribution in [0.25, 0.3) is 0 Å². The molecule has 2 rings (SSSR count). The zero-order chi connectivity index (χ0) is 13.2. The van der Waals surface area contributed by atoms with Gasteiger partial charge in [0.05, 0.1) is 11.6 Å². The van der Waals surface area contributed by atoms with E-state index >= 15 is 0 Å². The summed E-state index contributed by atoms with van der Waals surface area (Å²) >= 11 is 5.90. The Bertz CT molecular complexity index is 395. The van der Waals surface area contributed by atoms with E-state index in [0.717, 1.165) is 24.6 Å². The van der Waals surface area contributed by atoms with E-state index in [1.807, 2.05) is 12.1 Å². The summed E-state index contributed by atoms with van der Waals surface area (Å²) in [4.78, 5) is 2.31. The van der Waals surface area contributed by atoms with Gasteiger partial charge in [0.25, 0.3) is 0 Å². The Morgan fingerprint density at radius 2 is 2.11 bits per heavy atom. The minimum absolute atomic E-state index is 0.0420. The van der Waals surface area contributed by atoms with Gasteiger partial charge in [-0.1, -0.05) is 23.7 Å². The first-order valence-electron chi connectivity index (χ1n) is 6.36. The molecule has 0 radical (unpaired) electrons. The van der Waals surface area contributed by atoms with Gasteiger partial charge in [0.1, 0.15) is 0 Å². The van der Waals surface area contributed by atoms with Crippen LogP contribution in [-0.2, 0) is 11.3 Å². The number of benzene rings is 1. The van der Waals surface area contributed by atoms with E-state index in [4.69, 9.17) is 22.1 Å². The quantitative estimate of drug-likeness (QED) is 0.911. The molecule has 4 heteroatoms. The smallest absolute Gasteiger partial charge is 0.0743 e. The topological polar surface area (TPSA) is 38.5 Å². The molecule has 1 fully saturated rings. The second-order valence-corrected chi connectivity index (χ2v) is 5.49. The summed E-state index contributed by atoms with van der Waals surface area (Å²) in [6.45, 7) is 4.39. The molecule has 1 aliphatic heterocycles. The minimum Gasteiger partial charge on any atom is -0.376 e. The van der Waals surface area contributed by atoms with Gasteiger partial charge in [-0.15, -0.1) is 0 Å². The van der Waals surface area contributed by atoms with Crippen LogP contribution in [0, 0.1) is 0 Å². The van der Waals surface area contributed by atoms with Gasteiger partial charge < -0.3 is 10.5 Å². The fraction of sp³-hybridized carbons (Fsp3) is 0.571. The van der Waals surface area contributed by atoms with Crippen molar-refractivity contribution in [2.75, 3.05) is 20.2 Å². The number of ether oxygens (including phenoxy) is 1. The van der Waals surface area contributed by atoms with E-state index in [-0.39, 0.29) is 11.6 Å². The van der Waals surface area contributed by atoms with E-state index in [1.165, 1.54) is 5.56 Å². The molecular formula is C14H21ClN2O. The lowest BCUT2D eigenvalue weighted by atomic mass is 9.90. The molecule has 2 unspecified atom stereocenters. The van der Waals surface area contributed by atoms with Crippen molar-refractivity contribution < 1.29 is 4.74 Å². The number of hydrogen-bond acceptors (Lipinski definition) is 3. The molecule has 1 saturated heterocycles. The van der Waals surface area contributed by atoms with Crippen LogP contribution in [0.15, 0.2) is 24.3 Å². The van der Waals surface area contributed by atoms with Gasteiger partial charge in [-0.2, -0.15) is 0 Å². The van der Waals surface area contributed by atoms with E-state index in [1.54, 1.807) is 0 Å². The lowest BCUT2D eigenvalue weighted by molar-refractivity contribution is 0.0245. The number of rotatable bonds is 4. The van der Waals surface area contributed by atoms with Crippen molar-refractivity contribution >= 4 is 11.6 Å². The second kappa shape index (κ2) is 5.57. The average molecular weight is 269 g/mol. The van der Waals surface area contributed by atoms with Gasteiger partial charge in [0.2, 0.25) is 0 Å².